The molecular formula is C29H33Cl2F3N4O11. The van der Waals surface area contributed by atoms with Gasteiger partial charge < -0.3 is 50.5 Å². The first-order valence-electron chi connectivity index (χ1n) is 14.5. The van der Waals surface area contributed by atoms with Gasteiger partial charge in [-0.2, -0.15) is 13.2 Å². The first-order valence-corrected chi connectivity index (χ1v) is 15.3. The van der Waals surface area contributed by atoms with Crippen LogP contribution >= 0.6 is 23.2 Å². The van der Waals surface area contributed by atoms with Crippen molar-refractivity contribution in [2.45, 2.75) is 69.6 Å². The molecule has 2 saturated heterocycles. The summed E-state index contributed by atoms with van der Waals surface area (Å²) in [4.78, 5) is 53.6. The minimum absolute atomic E-state index is 0.0110. The van der Waals surface area contributed by atoms with E-state index < -0.39 is 60.6 Å². The number of aromatic nitrogens is 1. The van der Waals surface area contributed by atoms with Crippen molar-refractivity contribution in [3.63, 3.8) is 0 Å². The van der Waals surface area contributed by atoms with Crippen molar-refractivity contribution >= 4 is 58.5 Å². The number of likely N-dealkylation sites (tertiary alicyclic amines) is 1. The number of carboxylic acid groups (broad SMARTS) is 2. The maximum Gasteiger partial charge on any atom is 0.490 e. The van der Waals surface area contributed by atoms with Crippen molar-refractivity contribution in [1.29, 1.82) is 0 Å². The number of halogens is 5. The number of aliphatic carboxylic acids is 2. The molecule has 7 N–H and O–H groups in total. The molecule has 1 aromatic carbocycles. The third kappa shape index (κ3) is 10.6. The van der Waals surface area contributed by atoms with Crippen molar-refractivity contribution in [2.75, 3.05) is 23.7 Å². The molecule has 0 saturated carbocycles. The highest BCUT2D eigenvalue weighted by atomic mass is 35.5. The number of ether oxygens (including phenoxy) is 2. The van der Waals surface area contributed by atoms with Crippen LogP contribution in [0.15, 0.2) is 30.5 Å². The van der Waals surface area contributed by atoms with E-state index in [1.807, 2.05) is 0 Å². The van der Waals surface area contributed by atoms with Crippen LogP contribution in [0.2, 0.25) is 10.0 Å². The summed E-state index contributed by atoms with van der Waals surface area (Å²) in [5, 5.41) is 53.0. The monoisotopic (exact) mass is 740 g/mol. The van der Waals surface area contributed by atoms with Crippen LogP contribution in [0.1, 0.15) is 37.0 Å². The number of hydrogen-bond donors (Lipinski definition) is 7. The van der Waals surface area contributed by atoms with E-state index in [0.717, 1.165) is 0 Å². The molecular weight excluding hydrogens is 708 g/mol. The number of aliphatic hydroxyl groups excluding tert-OH is 3. The highest BCUT2D eigenvalue weighted by Crippen LogP contribution is 2.37. The topological polar surface area (TPSA) is 228 Å². The highest BCUT2D eigenvalue weighted by molar-refractivity contribution is 6.32. The van der Waals surface area contributed by atoms with Gasteiger partial charge in [0.25, 0.3) is 5.91 Å². The van der Waals surface area contributed by atoms with Gasteiger partial charge in [-0.15, -0.1) is 0 Å². The molecule has 2 amide bonds. The largest absolute Gasteiger partial charge is 0.490 e. The molecule has 4 rings (SSSR count). The molecule has 3 heterocycles. The average Bonchev–Trinajstić information content (AvgIpc) is 3.03. The molecule has 2 aliphatic rings. The Hall–Kier alpha value is -3.78. The minimum atomic E-state index is -5.08. The second-order valence-corrected chi connectivity index (χ2v) is 12.1. The van der Waals surface area contributed by atoms with Crippen LogP contribution in [0, 0.1) is 5.92 Å². The molecule has 2 fully saturated rings. The molecule has 20 heteroatoms. The Morgan fingerprint density at radius 1 is 0.980 bits per heavy atom. The van der Waals surface area contributed by atoms with E-state index in [1.54, 1.807) is 0 Å². The number of benzene rings is 1. The maximum absolute atomic E-state index is 13.4. The van der Waals surface area contributed by atoms with Gasteiger partial charge in [-0.3, -0.25) is 9.59 Å². The average molecular weight is 742 g/mol. The number of pyridine rings is 1. The number of carbonyl (C=O) groups excluding carboxylic acids is 2. The lowest BCUT2D eigenvalue weighted by Gasteiger charge is -2.38. The predicted octanol–water partition coefficient (Wildman–Crippen LogP) is 2.60. The molecule has 2 aliphatic heterocycles. The normalized spacial score (nSPS) is 23.2. The van der Waals surface area contributed by atoms with Crippen LogP contribution in [-0.2, 0) is 19.1 Å². The van der Waals surface area contributed by atoms with E-state index in [1.165, 1.54) is 30.5 Å². The van der Waals surface area contributed by atoms with Gasteiger partial charge in [0.1, 0.15) is 29.9 Å². The van der Waals surface area contributed by atoms with Crippen molar-refractivity contribution in [3.05, 3.63) is 46.1 Å². The number of rotatable bonds is 8. The maximum atomic E-state index is 13.4. The van der Waals surface area contributed by atoms with E-state index in [0.29, 0.717) is 37.0 Å². The van der Waals surface area contributed by atoms with Crippen molar-refractivity contribution in [3.8, 4) is 5.75 Å². The molecule has 0 bridgehead atoms. The number of alkyl halides is 3. The number of hydrogen-bond acceptors (Lipinski definition) is 11. The zero-order chi connectivity index (χ0) is 36.8. The van der Waals surface area contributed by atoms with Crippen molar-refractivity contribution < 1.29 is 67.4 Å². The summed E-state index contributed by atoms with van der Waals surface area (Å²) in [7, 11) is 0. The first kappa shape index (κ1) is 39.7. The third-order valence-corrected chi connectivity index (χ3v) is 7.90. The number of carboxylic acids is 2. The summed E-state index contributed by atoms with van der Waals surface area (Å²) in [6.07, 6.45) is -12.1. The number of amides is 2. The Bertz CT molecular complexity index is 1510. The Morgan fingerprint density at radius 2 is 1.59 bits per heavy atom. The SMILES string of the molecule is CC(C)N1CCC(C(=O)Nc2c(O[C@@H]3O[C@H](C(=O)O)[C@@H](O)[C@H](O)[C@H]3O)cc(Cl)cc2C(=O)Nc2ccc(Cl)cn2)CC1.O=C(O)C(F)(F)F. The van der Waals surface area contributed by atoms with Crippen LogP contribution in [0.5, 0.6) is 5.75 Å². The standard InChI is InChI=1S/C27H32Cl2N4O9.C2HF3O2/c1-12(2)33-7-5-13(6-8-33)24(37)32-19-16(25(38)31-18-4-3-14(28)11-30-18)9-15(29)10-17(19)41-27-22(36)20(34)21(35)23(42-27)26(39)40;3-2(4,5)1(6)7/h3-4,9-13,20-23,27,34-36H,5-8H2,1-2H3,(H,32,37)(H,39,40)(H,30,31,38);(H,6,7)/t20-,21-,22+,23-,27+;/m0./s1. The second kappa shape index (κ2) is 16.8. The lowest BCUT2D eigenvalue weighted by Crippen LogP contribution is -2.61. The van der Waals surface area contributed by atoms with Gasteiger partial charge in [0.05, 0.1) is 16.3 Å². The van der Waals surface area contributed by atoms with E-state index >= 15 is 0 Å². The minimum Gasteiger partial charge on any atom is -0.479 e. The zero-order valence-corrected chi connectivity index (χ0v) is 27.2. The Balaban J connectivity index is 0.000000838. The molecule has 5 atom stereocenters. The number of carbonyl (C=O) groups is 4. The quantitative estimate of drug-likeness (QED) is 0.207. The van der Waals surface area contributed by atoms with Crippen LogP contribution in [0.25, 0.3) is 0 Å². The molecule has 0 aliphatic carbocycles. The highest BCUT2D eigenvalue weighted by Gasteiger charge is 2.48. The fourth-order valence-electron chi connectivity index (χ4n) is 4.79. The molecule has 2 aromatic rings. The zero-order valence-electron chi connectivity index (χ0n) is 25.7. The van der Waals surface area contributed by atoms with E-state index in [-0.39, 0.29) is 33.8 Å². The van der Waals surface area contributed by atoms with E-state index in [2.05, 4.69) is 34.4 Å². The fourth-order valence-corrected chi connectivity index (χ4v) is 5.11. The Labute approximate surface area is 286 Å². The van der Waals surface area contributed by atoms with Gasteiger partial charge in [-0.1, -0.05) is 23.2 Å². The van der Waals surface area contributed by atoms with Crippen LogP contribution in [0.4, 0.5) is 24.7 Å². The first-order chi connectivity index (χ1) is 22.8. The Kier molecular flexibility index (Phi) is 13.6. The lowest BCUT2D eigenvalue weighted by molar-refractivity contribution is -0.271. The van der Waals surface area contributed by atoms with E-state index in [9.17, 15) is 48.0 Å². The summed E-state index contributed by atoms with van der Waals surface area (Å²) in [6, 6.07) is 5.83. The van der Waals surface area contributed by atoms with Gasteiger partial charge in [0.2, 0.25) is 12.2 Å². The molecule has 49 heavy (non-hydrogen) atoms. The van der Waals surface area contributed by atoms with Gasteiger partial charge in [-0.05, 0) is 58.0 Å². The van der Waals surface area contributed by atoms with Crippen molar-refractivity contribution in [1.82, 2.24) is 9.88 Å². The lowest BCUT2D eigenvalue weighted by atomic mass is 9.94. The predicted molar refractivity (Wildman–Crippen MR) is 165 cm³/mol. The summed E-state index contributed by atoms with van der Waals surface area (Å²) >= 11 is 12.2. The number of nitrogens with one attached hydrogen (secondary N) is 2. The van der Waals surface area contributed by atoms with Gasteiger partial charge in [0, 0.05) is 29.2 Å². The number of anilines is 2. The molecule has 0 radical (unpaired) electrons. The van der Waals surface area contributed by atoms with Crippen LogP contribution in [0.3, 0.4) is 0 Å². The van der Waals surface area contributed by atoms with Gasteiger partial charge in [0.15, 0.2) is 6.10 Å². The fraction of sp³-hybridized carbons (Fsp3) is 0.483. The molecule has 0 spiro atoms. The number of nitrogens with zero attached hydrogens (tertiary/aromatic N) is 2. The molecule has 270 valence electrons. The summed E-state index contributed by atoms with van der Waals surface area (Å²) in [5.74, 6) is -5.97. The molecule has 0 unspecified atom stereocenters. The summed E-state index contributed by atoms with van der Waals surface area (Å²) in [5.41, 5.74) is -0.270. The summed E-state index contributed by atoms with van der Waals surface area (Å²) in [6.45, 7) is 5.55. The molecule has 15 nitrogen and oxygen atoms in total. The van der Waals surface area contributed by atoms with Gasteiger partial charge >= 0.3 is 18.1 Å². The van der Waals surface area contributed by atoms with Crippen molar-refractivity contribution in [2.24, 2.45) is 5.92 Å². The summed E-state index contributed by atoms with van der Waals surface area (Å²) < 4.78 is 42.7. The number of aliphatic hydroxyl groups is 3. The van der Waals surface area contributed by atoms with E-state index in [4.69, 9.17) is 42.6 Å². The smallest absolute Gasteiger partial charge is 0.479 e. The van der Waals surface area contributed by atoms with Crippen LogP contribution < -0.4 is 15.4 Å². The van der Waals surface area contributed by atoms with Gasteiger partial charge in [-0.25, -0.2) is 14.6 Å². The third-order valence-electron chi connectivity index (χ3n) is 7.46. The second-order valence-electron chi connectivity index (χ2n) is 11.2. The number of piperidine rings is 1. The molecule has 1 aromatic heterocycles. The van der Waals surface area contributed by atoms with Crippen LogP contribution in [-0.4, -0.2) is 115 Å². The Morgan fingerprint density at radius 3 is 2.10 bits per heavy atom.